The second-order valence-electron chi connectivity index (χ2n) is 6.66. The molecule has 6 nitrogen and oxygen atoms in total. The van der Waals surface area contributed by atoms with Crippen molar-refractivity contribution in [2.75, 3.05) is 50.7 Å². The monoisotopic (exact) mass is 317 g/mol. The maximum Gasteiger partial charge on any atom is 0.272 e. The van der Waals surface area contributed by atoms with Crippen LogP contribution in [0.5, 0.6) is 0 Å². The van der Waals surface area contributed by atoms with Gasteiger partial charge in [0.05, 0.1) is 0 Å². The van der Waals surface area contributed by atoms with Gasteiger partial charge in [0.25, 0.3) is 5.91 Å². The molecule has 0 aliphatic carbocycles. The summed E-state index contributed by atoms with van der Waals surface area (Å²) in [5.74, 6) is 1.71. The van der Waals surface area contributed by atoms with E-state index in [0.29, 0.717) is 5.69 Å². The molecule has 6 heteroatoms. The molecule has 1 amide bonds. The molecule has 0 aromatic carbocycles. The van der Waals surface area contributed by atoms with Gasteiger partial charge in [-0.3, -0.25) is 4.79 Å². The van der Waals surface area contributed by atoms with Crippen molar-refractivity contribution >= 4 is 11.7 Å². The number of carbonyl (C=O) groups excluding carboxylic acids is 1. The van der Waals surface area contributed by atoms with Gasteiger partial charge in [0.1, 0.15) is 17.8 Å². The van der Waals surface area contributed by atoms with Crippen molar-refractivity contribution in [3.8, 4) is 0 Å². The third kappa shape index (κ3) is 3.80. The van der Waals surface area contributed by atoms with Crippen molar-refractivity contribution in [2.45, 2.75) is 26.7 Å². The predicted octanol–water partition coefficient (Wildman–Crippen LogP) is 1.49. The molecule has 0 atom stereocenters. The normalized spacial score (nSPS) is 20.8. The zero-order valence-corrected chi connectivity index (χ0v) is 14.2. The van der Waals surface area contributed by atoms with E-state index < -0.39 is 0 Å². The van der Waals surface area contributed by atoms with Crippen molar-refractivity contribution in [2.24, 2.45) is 5.92 Å². The van der Waals surface area contributed by atoms with E-state index in [-0.39, 0.29) is 5.91 Å². The van der Waals surface area contributed by atoms with Crippen molar-refractivity contribution in [1.29, 1.82) is 0 Å². The lowest BCUT2D eigenvalue weighted by Crippen LogP contribution is -2.48. The molecule has 3 rings (SSSR count). The van der Waals surface area contributed by atoms with E-state index in [0.717, 1.165) is 57.5 Å². The molecule has 2 aliphatic rings. The van der Waals surface area contributed by atoms with Gasteiger partial charge in [0, 0.05) is 45.3 Å². The molecule has 1 aromatic heterocycles. The number of nitrogens with zero attached hydrogens (tertiary/aromatic N) is 5. The summed E-state index contributed by atoms with van der Waals surface area (Å²) in [7, 11) is 0. The highest BCUT2D eigenvalue weighted by Crippen LogP contribution is 2.21. The third-order valence-corrected chi connectivity index (χ3v) is 5.09. The number of piperidine rings is 1. The van der Waals surface area contributed by atoms with E-state index in [1.165, 1.54) is 19.2 Å². The minimum absolute atomic E-state index is 0.0368. The lowest BCUT2D eigenvalue weighted by atomic mass is 9.99. The fraction of sp³-hybridized carbons (Fsp3) is 0.706. The highest BCUT2D eigenvalue weighted by atomic mass is 16.2. The average Bonchev–Trinajstić information content (AvgIpc) is 2.62. The lowest BCUT2D eigenvalue weighted by Gasteiger charge is -2.34. The fourth-order valence-corrected chi connectivity index (χ4v) is 3.30. The Morgan fingerprint density at radius 3 is 2.48 bits per heavy atom. The van der Waals surface area contributed by atoms with E-state index in [1.54, 1.807) is 0 Å². The summed E-state index contributed by atoms with van der Waals surface area (Å²) >= 11 is 0. The van der Waals surface area contributed by atoms with Crippen molar-refractivity contribution in [3.05, 3.63) is 18.1 Å². The van der Waals surface area contributed by atoms with Crippen LogP contribution in [0.1, 0.15) is 37.2 Å². The molecule has 3 heterocycles. The van der Waals surface area contributed by atoms with E-state index in [9.17, 15) is 4.79 Å². The Bertz CT molecular complexity index is 534. The summed E-state index contributed by atoms with van der Waals surface area (Å²) < 4.78 is 0. The molecule has 2 saturated heterocycles. The first kappa shape index (κ1) is 16.2. The van der Waals surface area contributed by atoms with Crippen LogP contribution in [0.25, 0.3) is 0 Å². The standard InChI is InChI=1S/C17H27N5O/c1-3-20-8-10-22(11-9-20)17(23)15-12-16(19-13-18-15)21-6-4-14(2)5-7-21/h12-14H,3-11H2,1-2H3. The van der Waals surface area contributed by atoms with Gasteiger partial charge in [-0.05, 0) is 25.3 Å². The van der Waals surface area contributed by atoms with Gasteiger partial charge in [-0.2, -0.15) is 0 Å². The van der Waals surface area contributed by atoms with Gasteiger partial charge >= 0.3 is 0 Å². The number of aromatic nitrogens is 2. The van der Waals surface area contributed by atoms with Crippen LogP contribution >= 0.6 is 0 Å². The number of hydrogen-bond donors (Lipinski definition) is 0. The number of rotatable bonds is 3. The topological polar surface area (TPSA) is 52.6 Å². The Kier molecular flexibility index (Phi) is 5.10. The lowest BCUT2D eigenvalue weighted by molar-refractivity contribution is 0.0637. The molecule has 0 spiro atoms. The molecule has 2 aliphatic heterocycles. The number of likely N-dealkylation sites (N-methyl/N-ethyl adjacent to an activating group) is 1. The van der Waals surface area contributed by atoms with Crippen molar-refractivity contribution in [3.63, 3.8) is 0 Å². The molecule has 0 bridgehead atoms. The van der Waals surface area contributed by atoms with E-state index in [2.05, 4.69) is 33.6 Å². The van der Waals surface area contributed by atoms with Crippen molar-refractivity contribution in [1.82, 2.24) is 19.8 Å². The number of hydrogen-bond acceptors (Lipinski definition) is 5. The molecule has 0 unspecified atom stereocenters. The van der Waals surface area contributed by atoms with E-state index in [1.807, 2.05) is 11.0 Å². The second-order valence-corrected chi connectivity index (χ2v) is 6.66. The summed E-state index contributed by atoms with van der Waals surface area (Å²) in [6.45, 7) is 11.0. The quantitative estimate of drug-likeness (QED) is 0.845. The SMILES string of the molecule is CCN1CCN(C(=O)c2cc(N3CCC(C)CC3)ncn2)CC1. The minimum Gasteiger partial charge on any atom is -0.356 e. The Balaban J connectivity index is 1.66. The van der Waals surface area contributed by atoms with Gasteiger partial charge in [-0.15, -0.1) is 0 Å². The highest BCUT2D eigenvalue weighted by molar-refractivity contribution is 5.93. The van der Waals surface area contributed by atoms with Crippen LogP contribution in [0.4, 0.5) is 5.82 Å². The molecule has 126 valence electrons. The Hall–Kier alpha value is -1.69. The molecule has 0 N–H and O–H groups in total. The van der Waals surface area contributed by atoms with Gasteiger partial charge in [-0.25, -0.2) is 9.97 Å². The zero-order chi connectivity index (χ0) is 16.2. The van der Waals surface area contributed by atoms with Crippen LogP contribution in [0, 0.1) is 5.92 Å². The van der Waals surface area contributed by atoms with Gasteiger partial charge < -0.3 is 14.7 Å². The average molecular weight is 317 g/mol. The molecule has 2 fully saturated rings. The summed E-state index contributed by atoms with van der Waals surface area (Å²) in [6.07, 6.45) is 3.90. The molecular weight excluding hydrogens is 290 g/mol. The maximum atomic E-state index is 12.7. The van der Waals surface area contributed by atoms with Crippen LogP contribution in [0.3, 0.4) is 0 Å². The first-order valence-corrected chi connectivity index (χ1v) is 8.76. The third-order valence-electron chi connectivity index (χ3n) is 5.09. The van der Waals surface area contributed by atoms with Crippen molar-refractivity contribution < 1.29 is 4.79 Å². The van der Waals surface area contributed by atoms with Crippen LogP contribution in [0.15, 0.2) is 12.4 Å². The Morgan fingerprint density at radius 1 is 1.13 bits per heavy atom. The molecular formula is C17H27N5O. The predicted molar refractivity (Wildman–Crippen MR) is 90.7 cm³/mol. The van der Waals surface area contributed by atoms with E-state index >= 15 is 0 Å². The molecule has 23 heavy (non-hydrogen) atoms. The zero-order valence-electron chi connectivity index (χ0n) is 14.2. The number of anilines is 1. The summed E-state index contributed by atoms with van der Waals surface area (Å²) in [5, 5.41) is 0. The largest absolute Gasteiger partial charge is 0.356 e. The smallest absolute Gasteiger partial charge is 0.272 e. The summed E-state index contributed by atoms with van der Waals surface area (Å²) in [5.41, 5.74) is 0.526. The van der Waals surface area contributed by atoms with Gasteiger partial charge in [0.15, 0.2) is 0 Å². The van der Waals surface area contributed by atoms with Gasteiger partial charge in [0.2, 0.25) is 0 Å². The molecule has 0 saturated carbocycles. The van der Waals surface area contributed by atoms with Crippen LogP contribution in [-0.2, 0) is 0 Å². The molecule has 1 aromatic rings. The number of piperazine rings is 1. The first-order chi connectivity index (χ1) is 11.2. The molecule has 0 radical (unpaired) electrons. The van der Waals surface area contributed by atoms with E-state index in [4.69, 9.17) is 0 Å². The maximum absolute atomic E-state index is 12.7. The second kappa shape index (κ2) is 7.25. The Morgan fingerprint density at radius 2 is 1.83 bits per heavy atom. The number of carbonyl (C=O) groups is 1. The van der Waals surface area contributed by atoms with Crippen LogP contribution in [-0.4, -0.2) is 71.5 Å². The van der Waals surface area contributed by atoms with Crippen LogP contribution in [0.2, 0.25) is 0 Å². The number of amides is 1. The Labute approximate surface area is 138 Å². The minimum atomic E-state index is 0.0368. The first-order valence-electron chi connectivity index (χ1n) is 8.76. The van der Waals surface area contributed by atoms with Crippen LogP contribution < -0.4 is 4.90 Å². The fourth-order valence-electron chi connectivity index (χ4n) is 3.30. The van der Waals surface area contributed by atoms with Gasteiger partial charge in [-0.1, -0.05) is 13.8 Å². The highest BCUT2D eigenvalue weighted by Gasteiger charge is 2.24. The summed E-state index contributed by atoms with van der Waals surface area (Å²) in [4.78, 5) is 27.8. The summed E-state index contributed by atoms with van der Waals surface area (Å²) in [6, 6.07) is 1.87.